The summed E-state index contributed by atoms with van der Waals surface area (Å²) in [6, 6.07) is 6.11. The highest BCUT2D eigenvalue weighted by Crippen LogP contribution is 2.37. The molecule has 1 atom stereocenters. The van der Waals surface area contributed by atoms with Crippen LogP contribution < -0.4 is 10.1 Å². The number of nitrogens with zero attached hydrogens (tertiary/aromatic N) is 2. The van der Waals surface area contributed by atoms with E-state index in [1.165, 1.54) is 23.5 Å². The molecule has 0 radical (unpaired) electrons. The smallest absolute Gasteiger partial charge is 0.405 e. The van der Waals surface area contributed by atoms with Gasteiger partial charge in [0.1, 0.15) is 10.8 Å². The van der Waals surface area contributed by atoms with Crippen LogP contribution in [0.3, 0.4) is 0 Å². The highest BCUT2D eigenvalue weighted by molar-refractivity contribution is 7.14. The maximum atomic E-state index is 12.4. The van der Waals surface area contributed by atoms with Gasteiger partial charge in [0.25, 0.3) is 0 Å². The first-order valence-electron chi connectivity index (χ1n) is 6.45. The number of nitrogens with one attached hydrogen (secondary N) is 1. The number of halogens is 3. The Morgan fingerprint density at radius 1 is 1.24 bits per heavy atom. The van der Waals surface area contributed by atoms with Gasteiger partial charge in [0, 0.05) is 0 Å². The Labute approximate surface area is 123 Å². The molecule has 1 unspecified atom stereocenters. The summed E-state index contributed by atoms with van der Waals surface area (Å²) in [5.74, 6) is -0.257. The molecule has 1 aliphatic heterocycles. The van der Waals surface area contributed by atoms with Crippen LogP contribution in [0.2, 0.25) is 0 Å². The third kappa shape index (κ3) is 3.33. The fourth-order valence-corrected chi connectivity index (χ4v) is 3.22. The van der Waals surface area contributed by atoms with E-state index in [-0.39, 0.29) is 11.8 Å². The standard InChI is InChI=1S/C13H12F3N3OS/c14-13(15,16)20-10-6-2-1-4-8(10)11-18-19-12(21-11)9-5-3-7-17-9/h1-2,4,6,9,17H,3,5,7H2. The van der Waals surface area contributed by atoms with E-state index in [0.717, 1.165) is 24.4 Å². The van der Waals surface area contributed by atoms with Crippen molar-refractivity contribution in [3.63, 3.8) is 0 Å². The highest BCUT2D eigenvalue weighted by atomic mass is 32.1. The Morgan fingerprint density at radius 2 is 2.05 bits per heavy atom. The minimum atomic E-state index is -4.73. The van der Waals surface area contributed by atoms with Gasteiger partial charge in [-0.2, -0.15) is 0 Å². The quantitative estimate of drug-likeness (QED) is 0.941. The molecule has 2 heterocycles. The van der Waals surface area contributed by atoms with Gasteiger partial charge in [-0.1, -0.05) is 23.5 Å². The monoisotopic (exact) mass is 315 g/mol. The summed E-state index contributed by atoms with van der Waals surface area (Å²) < 4.78 is 41.3. The fraction of sp³-hybridized carbons (Fsp3) is 0.385. The van der Waals surface area contributed by atoms with Crippen molar-refractivity contribution in [1.82, 2.24) is 15.5 Å². The molecule has 1 aromatic carbocycles. The van der Waals surface area contributed by atoms with Crippen LogP contribution in [0, 0.1) is 0 Å². The van der Waals surface area contributed by atoms with E-state index in [4.69, 9.17) is 0 Å². The molecule has 1 aromatic heterocycles. The molecule has 0 aliphatic carbocycles. The molecule has 1 aliphatic rings. The van der Waals surface area contributed by atoms with Gasteiger partial charge in [-0.25, -0.2) is 0 Å². The molecule has 0 spiro atoms. The maximum absolute atomic E-state index is 12.4. The van der Waals surface area contributed by atoms with E-state index in [1.54, 1.807) is 12.1 Å². The average Bonchev–Trinajstić information content (AvgIpc) is 3.08. The van der Waals surface area contributed by atoms with Crippen LogP contribution in [0.25, 0.3) is 10.6 Å². The molecule has 1 N–H and O–H groups in total. The van der Waals surface area contributed by atoms with Gasteiger partial charge in [-0.3, -0.25) is 0 Å². The molecule has 2 aromatic rings. The molecule has 8 heteroatoms. The normalized spacial score (nSPS) is 18.9. The number of rotatable bonds is 3. The molecule has 0 amide bonds. The van der Waals surface area contributed by atoms with Crippen molar-refractivity contribution in [1.29, 1.82) is 0 Å². The number of aromatic nitrogens is 2. The van der Waals surface area contributed by atoms with Gasteiger partial charge < -0.3 is 10.1 Å². The lowest BCUT2D eigenvalue weighted by Gasteiger charge is -2.11. The molecular formula is C13H12F3N3OS. The van der Waals surface area contributed by atoms with E-state index in [1.807, 2.05) is 0 Å². The highest BCUT2D eigenvalue weighted by Gasteiger charge is 2.32. The average molecular weight is 315 g/mol. The summed E-state index contributed by atoms with van der Waals surface area (Å²) in [5.41, 5.74) is 0.302. The Kier molecular flexibility index (Phi) is 3.81. The largest absolute Gasteiger partial charge is 0.573 e. The van der Waals surface area contributed by atoms with E-state index in [9.17, 15) is 13.2 Å². The fourth-order valence-electron chi connectivity index (χ4n) is 2.24. The van der Waals surface area contributed by atoms with Crippen LogP contribution in [0.5, 0.6) is 5.75 Å². The lowest BCUT2D eigenvalue weighted by atomic mass is 10.2. The first-order chi connectivity index (χ1) is 10.0. The summed E-state index contributed by atoms with van der Waals surface area (Å²) in [4.78, 5) is 0. The molecular weight excluding hydrogens is 303 g/mol. The lowest BCUT2D eigenvalue weighted by Crippen LogP contribution is -2.17. The number of ether oxygens (including phenoxy) is 1. The van der Waals surface area contributed by atoms with Crippen molar-refractivity contribution in [2.24, 2.45) is 0 Å². The molecule has 0 bridgehead atoms. The Balaban J connectivity index is 1.90. The second kappa shape index (κ2) is 5.61. The van der Waals surface area contributed by atoms with E-state index >= 15 is 0 Å². The van der Waals surface area contributed by atoms with Gasteiger partial charge in [0.2, 0.25) is 0 Å². The van der Waals surface area contributed by atoms with Gasteiger partial charge in [-0.05, 0) is 31.5 Å². The first kappa shape index (κ1) is 14.3. The first-order valence-corrected chi connectivity index (χ1v) is 7.26. The van der Waals surface area contributed by atoms with E-state index in [0.29, 0.717) is 10.6 Å². The van der Waals surface area contributed by atoms with Crippen molar-refractivity contribution < 1.29 is 17.9 Å². The number of alkyl halides is 3. The summed E-state index contributed by atoms with van der Waals surface area (Å²) >= 11 is 1.29. The predicted molar refractivity (Wildman–Crippen MR) is 72.0 cm³/mol. The summed E-state index contributed by atoms with van der Waals surface area (Å²) in [6.07, 6.45) is -2.70. The second-order valence-corrected chi connectivity index (χ2v) is 5.65. The third-order valence-electron chi connectivity index (χ3n) is 3.14. The summed E-state index contributed by atoms with van der Waals surface area (Å²) in [7, 11) is 0. The summed E-state index contributed by atoms with van der Waals surface area (Å²) in [5, 5.41) is 12.6. The van der Waals surface area contributed by atoms with E-state index in [2.05, 4.69) is 20.3 Å². The van der Waals surface area contributed by atoms with Gasteiger partial charge in [-0.15, -0.1) is 23.4 Å². The van der Waals surface area contributed by atoms with Crippen LogP contribution in [0.15, 0.2) is 24.3 Å². The van der Waals surface area contributed by atoms with Crippen molar-refractivity contribution in [3.8, 4) is 16.3 Å². The SMILES string of the molecule is FC(F)(F)Oc1ccccc1-c1nnc(C2CCCN2)s1. The zero-order chi connectivity index (χ0) is 14.9. The Morgan fingerprint density at radius 3 is 2.76 bits per heavy atom. The number of hydrogen-bond acceptors (Lipinski definition) is 5. The zero-order valence-corrected chi connectivity index (χ0v) is 11.7. The van der Waals surface area contributed by atoms with Crippen molar-refractivity contribution in [2.75, 3.05) is 6.54 Å². The topological polar surface area (TPSA) is 47.0 Å². The molecule has 1 fully saturated rings. The van der Waals surface area contributed by atoms with Crippen LogP contribution in [-0.2, 0) is 0 Å². The van der Waals surface area contributed by atoms with Crippen molar-refractivity contribution in [2.45, 2.75) is 25.2 Å². The molecule has 3 rings (SSSR count). The minimum absolute atomic E-state index is 0.145. The third-order valence-corrected chi connectivity index (χ3v) is 4.21. The lowest BCUT2D eigenvalue weighted by molar-refractivity contribution is -0.274. The Hall–Kier alpha value is -1.67. The predicted octanol–water partition coefficient (Wildman–Crippen LogP) is 3.53. The van der Waals surface area contributed by atoms with Crippen molar-refractivity contribution in [3.05, 3.63) is 29.3 Å². The Bertz CT molecular complexity index is 623. The molecule has 21 heavy (non-hydrogen) atoms. The van der Waals surface area contributed by atoms with Crippen LogP contribution >= 0.6 is 11.3 Å². The second-order valence-electron chi connectivity index (χ2n) is 4.64. The van der Waals surface area contributed by atoms with Gasteiger partial charge in [0.15, 0.2) is 5.01 Å². The molecule has 0 saturated carbocycles. The number of hydrogen-bond donors (Lipinski definition) is 1. The maximum Gasteiger partial charge on any atom is 0.573 e. The van der Waals surface area contributed by atoms with Crippen molar-refractivity contribution >= 4 is 11.3 Å². The molecule has 1 saturated heterocycles. The van der Waals surface area contributed by atoms with E-state index < -0.39 is 6.36 Å². The molecule has 4 nitrogen and oxygen atoms in total. The summed E-state index contributed by atoms with van der Waals surface area (Å²) in [6.45, 7) is 0.924. The number of benzene rings is 1. The van der Waals surface area contributed by atoms with Gasteiger partial charge >= 0.3 is 6.36 Å². The number of para-hydroxylation sites is 1. The van der Waals surface area contributed by atoms with Crippen LogP contribution in [0.1, 0.15) is 23.9 Å². The molecule has 112 valence electrons. The zero-order valence-electron chi connectivity index (χ0n) is 10.9. The van der Waals surface area contributed by atoms with Crippen LogP contribution in [0.4, 0.5) is 13.2 Å². The van der Waals surface area contributed by atoms with Gasteiger partial charge in [0.05, 0.1) is 11.6 Å². The van der Waals surface area contributed by atoms with Crippen LogP contribution in [-0.4, -0.2) is 23.1 Å². The minimum Gasteiger partial charge on any atom is -0.405 e.